The fraction of sp³-hybridized carbons (Fsp3) is 0.375. The Hall–Kier alpha value is 0.0539. The van der Waals surface area contributed by atoms with E-state index in [-0.39, 0.29) is 32.7 Å². The van der Waals surface area contributed by atoms with Crippen LogP contribution in [0.25, 0.3) is 6.20 Å². The molecule has 57 valence electrons. The van der Waals surface area contributed by atoms with Crippen LogP contribution < -0.4 is 0 Å². The summed E-state index contributed by atoms with van der Waals surface area (Å²) in [5, 5.41) is 4.14. The third-order valence-electron chi connectivity index (χ3n) is 1.33. The van der Waals surface area contributed by atoms with Gasteiger partial charge in [0.1, 0.15) is 0 Å². The molecule has 1 aromatic heterocycles. The molecule has 0 aliphatic heterocycles. The predicted molar refractivity (Wildman–Crippen MR) is 40.2 cm³/mol. The van der Waals surface area contributed by atoms with Crippen LogP contribution in [-0.2, 0) is 32.7 Å². The molecule has 3 heteroatoms. The zero-order chi connectivity index (χ0) is 7.56. The van der Waals surface area contributed by atoms with Gasteiger partial charge in [-0.15, -0.1) is 5.56 Å². The van der Waals surface area contributed by atoms with E-state index in [1.807, 2.05) is 20.8 Å². The van der Waals surface area contributed by atoms with E-state index in [1.54, 1.807) is 10.9 Å². The van der Waals surface area contributed by atoms with Crippen LogP contribution in [0.5, 0.6) is 0 Å². The first-order valence-corrected chi connectivity index (χ1v) is 3.19. The van der Waals surface area contributed by atoms with Gasteiger partial charge >= 0.3 is 0 Å². The van der Waals surface area contributed by atoms with Crippen molar-refractivity contribution < 1.29 is 32.7 Å². The van der Waals surface area contributed by atoms with Crippen molar-refractivity contribution >= 4 is 6.20 Å². The molecular weight excluding hydrogens is 213 g/mol. The van der Waals surface area contributed by atoms with Crippen molar-refractivity contribution in [1.82, 2.24) is 9.78 Å². The summed E-state index contributed by atoms with van der Waals surface area (Å²) >= 11 is 0. The van der Waals surface area contributed by atoms with Crippen molar-refractivity contribution in [1.29, 1.82) is 0 Å². The molecule has 1 rings (SSSR count). The summed E-state index contributed by atoms with van der Waals surface area (Å²) in [5.41, 5.74) is 2.11. The van der Waals surface area contributed by atoms with E-state index in [2.05, 4.69) is 17.4 Å². The molecule has 0 atom stereocenters. The SMILES string of the molecule is C[C-]=Cn1[c-]c(C)c(C)n1.[Y]. The Morgan fingerprint density at radius 1 is 1.55 bits per heavy atom. The summed E-state index contributed by atoms with van der Waals surface area (Å²) in [6, 6.07) is 0. The van der Waals surface area contributed by atoms with Gasteiger partial charge in [-0.1, -0.05) is 20.0 Å². The number of hydrogen-bond donors (Lipinski definition) is 0. The molecule has 0 bridgehead atoms. The fourth-order valence-corrected chi connectivity index (χ4v) is 0.698. The van der Waals surface area contributed by atoms with Crippen LogP contribution in [0, 0.1) is 26.1 Å². The Balaban J connectivity index is 0.000001000. The molecule has 0 aliphatic rings. The number of aromatic nitrogens is 2. The maximum atomic E-state index is 4.14. The van der Waals surface area contributed by atoms with Gasteiger partial charge < -0.3 is 10.8 Å². The van der Waals surface area contributed by atoms with Crippen molar-refractivity contribution in [3.63, 3.8) is 0 Å². The molecule has 11 heavy (non-hydrogen) atoms. The number of nitrogens with zero attached hydrogens (tertiary/aromatic N) is 2. The number of allylic oxidation sites excluding steroid dienone is 1. The largest absolute Gasteiger partial charge is 0.552 e. The monoisotopic (exact) mass is 223 g/mol. The Labute approximate surface area is 92.6 Å². The first-order valence-electron chi connectivity index (χ1n) is 3.19. The van der Waals surface area contributed by atoms with E-state index in [0.717, 1.165) is 11.3 Å². The molecule has 1 radical (unpaired) electrons. The molecular formula is C8H10N2Y-2. The van der Waals surface area contributed by atoms with Crippen LogP contribution in [0.3, 0.4) is 0 Å². The van der Waals surface area contributed by atoms with E-state index in [0.29, 0.717) is 0 Å². The molecule has 0 aliphatic carbocycles. The van der Waals surface area contributed by atoms with Gasteiger partial charge in [0, 0.05) is 32.7 Å². The second kappa shape index (κ2) is 4.84. The maximum absolute atomic E-state index is 4.14. The molecule has 0 aromatic carbocycles. The topological polar surface area (TPSA) is 17.8 Å². The fourth-order valence-electron chi connectivity index (χ4n) is 0.698. The standard InChI is InChI=1S/C8H10N2.Y/c1-4-5-10-6-7(2)8(3)9-10;/h5H,1-3H3;/q-2;. The third-order valence-corrected chi connectivity index (χ3v) is 1.33. The number of hydrogen-bond acceptors (Lipinski definition) is 1. The van der Waals surface area contributed by atoms with Gasteiger partial charge in [-0.25, -0.2) is 6.92 Å². The molecule has 0 amide bonds. The average Bonchev–Trinajstić information content (AvgIpc) is 2.14. The molecule has 0 N–H and O–H groups in total. The Bertz CT molecular complexity index is 231. The van der Waals surface area contributed by atoms with Gasteiger partial charge in [0.2, 0.25) is 0 Å². The van der Waals surface area contributed by atoms with Gasteiger partial charge in [-0.2, -0.15) is 0 Å². The van der Waals surface area contributed by atoms with E-state index < -0.39 is 0 Å². The van der Waals surface area contributed by atoms with E-state index in [1.165, 1.54) is 0 Å². The van der Waals surface area contributed by atoms with Gasteiger partial charge in [-0.05, 0) is 5.69 Å². The number of aryl methyl sites for hydroxylation is 2. The van der Waals surface area contributed by atoms with Crippen LogP contribution in [0.1, 0.15) is 18.2 Å². The zero-order valence-electron chi connectivity index (χ0n) is 7.05. The van der Waals surface area contributed by atoms with E-state index in [9.17, 15) is 0 Å². The predicted octanol–water partition coefficient (Wildman–Crippen LogP) is 1.59. The first kappa shape index (κ1) is 11.1. The summed E-state index contributed by atoms with van der Waals surface area (Å²) in [6.07, 6.45) is 7.65. The molecule has 2 nitrogen and oxygen atoms in total. The Morgan fingerprint density at radius 2 is 2.18 bits per heavy atom. The second-order valence-electron chi connectivity index (χ2n) is 2.18. The van der Waals surface area contributed by atoms with Crippen molar-refractivity contribution in [2.75, 3.05) is 0 Å². The summed E-state index contributed by atoms with van der Waals surface area (Å²) in [5.74, 6) is 0. The van der Waals surface area contributed by atoms with Crippen LogP contribution in [0.15, 0.2) is 0 Å². The van der Waals surface area contributed by atoms with E-state index in [4.69, 9.17) is 0 Å². The molecule has 0 spiro atoms. The molecule has 0 unspecified atom stereocenters. The van der Waals surface area contributed by atoms with Gasteiger partial charge in [-0.3, -0.25) is 11.3 Å². The average molecular weight is 223 g/mol. The normalized spacial score (nSPS) is 10.1. The van der Waals surface area contributed by atoms with Crippen LogP contribution >= 0.6 is 0 Å². The minimum absolute atomic E-state index is 0. The Morgan fingerprint density at radius 3 is 2.55 bits per heavy atom. The smallest absolute Gasteiger partial charge is 0 e. The molecule has 0 fully saturated rings. The maximum Gasteiger partial charge on any atom is 0 e. The summed E-state index contributed by atoms with van der Waals surface area (Å²) in [4.78, 5) is 0. The van der Waals surface area contributed by atoms with Crippen LogP contribution in [0.2, 0.25) is 0 Å². The summed E-state index contributed by atoms with van der Waals surface area (Å²) in [7, 11) is 0. The molecule has 0 saturated carbocycles. The van der Waals surface area contributed by atoms with Crippen molar-refractivity contribution in [2.24, 2.45) is 0 Å². The minimum Gasteiger partial charge on any atom is -0.552 e. The number of rotatable bonds is 1. The quantitative estimate of drug-likeness (QED) is 0.661. The zero-order valence-corrected chi connectivity index (χ0v) is 9.89. The van der Waals surface area contributed by atoms with Crippen LogP contribution in [0.4, 0.5) is 0 Å². The Kier molecular flexibility index (Phi) is 4.86. The van der Waals surface area contributed by atoms with Gasteiger partial charge in [0.15, 0.2) is 0 Å². The van der Waals surface area contributed by atoms with Crippen LogP contribution in [-0.4, -0.2) is 9.78 Å². The summed E-state index contributed by atoms with van der Waals surface area (Å²) < 4.78 is 1.64. The summed E-state index contributed by atoms with van der Waals surface area (Å²) in [6.45, 7) is 5.79. The molecule has 1 heterocycles. The van der Waals surface area contributed by atoms with Crippen molar-refractivity contribution in [3.8, 4) is 0 Å². The minimum atomic E-state index is 0. The first-order chi connectivity index (χ1) is 4.74. The van der Waals surface area contributed by atoms with Gasteiger partial charge in [0.25, 0.3) is 0 Å². The molecule has 1 aromatic rings. The molecule has 0 saturated heterocycles. The van der Waals surface area contributed by atoms with E-state index >= 15 is 0 Å². The van der Waals surface area contributed by atoms with Gasteiger partial charge in [0.05, 0.1) is 0 Å². The second-order valence-corrected chi connectivity index (χ2v) is 2.18. The third kappa shape index (κ3) is 2.88. The van der Waals surface area contributed by atoms with Crippen molar-refractivity contribution in [2.45, 2.75) is 20.8 Å². The van der Waals surface area contributed by atoms with Crippen molar-refractivity contribution in [3.05, 3.63) is 23.5 Å².